The molecule has 0 bridgehead atoms. The minimum absolute atomic E-state index is 0.119. The minimum Gasteiger partial charge on any atom is -0.387 e. The van der Waals surface area contributed by atoms with E-state index >= 15 is 0 Å². The number of hydrogen-bond acceptors (Lipinski definition) is 1. The third-order valence-electron chi connectivity index (χ3n) is 3.71. The van der Waals surface area contributed by atoms with Crippen molar-refractivity contribution in [3.8, 4) is 0 Å². The largest absolute Gasteiger partial charge is 0.387 e. The third kappa shape index (κ3) is 2.89. The topological polar surface area (TPSA) is 38.4 Å². The van der Waals surface area contributed by atoms with E-state index in [4.69, 9.17) is 5.73 Å². The summed E-state index contributed by atoms with van der Waals surface area (Å²) in [5.41, 5.74) is 8.40. The maximum absolute atomic E-state index is 13.5. The van der Waals surface area contributed by atoms with Gasteiger partial charge in [-0.15, -0.1) is 0 Å². The van der Waals surface area contributed by atoms with Gasteiger partial charge < -0.3 is 5.73 Å². The van der Waals surface area contributed by atoms with Crippen LogP contribution < -0.4 is 5.73 Å². The number of aryl methyl sites for hydroxylation is 2. The Morgan fingerprint density at radius 2 is 1.83 bits per heavy atom. The van der Waals surface area contributed by atoms with Crippen molar-refractivity contribution in [1.82, 2.24) is 0 Å². The van der Waals surface area contributed by atoms with Crippen molar-refractivity contribution in [3.05, 3.63) is 34.6 Å². The van der Waals surface area contributed by atoms with Crippen LogP contribution in [0.2, 0.25) is 0 Å². The Balaban J connectivity index is 2.07. The van der Waals surface area contributed by atoms with Crippen molar-refractivity contribution in [2.45, 2.75) is 46.1 Å². The van der Waals surface area contributed by atoms with Crippen LogP contribution in [0.4, 0.5) is 4.39 Å². The third-order valence-corrected chi connectivity index (χ3v) is 3.71. The van der Waals surface area contributed by atoms with Crippen LogP contribution in [0.25, 0.3) is 0 Å². The molecule has 98 valence electrons. The van der Waals surface area contributed by atoms with E-state index in [1.807, 2.05) is 12.1 Å². The number of benzene rings is 1. The van der Waals surface area contributed by atoms with Gasteiger partial charge in [0.2, 0.25) is 0 Å². The molecule has 0 atom stereocenters. The lowest BCUT2D eigenvalue weighted by Gasteiger charge is -2.09. The summed E-state index contributed by atoms with van der Waals surface area (Å²) < 4.78 is 13.5. The Kier molecular flexibility index (Phi) is 4.00. The van der Waals surface area contributed by atoms with Crippen molar-refractivity contribution in [2.75, 3.05) is 0 Å². The maximum Gasteiger partial charge on any atom is 0.129 e. The smallest absolute Gasteiger partial charge is 0.129 e. The van der Waals surface area contributed by atoms with E-state index in [0.717, 1.165) is 24.2 Å². The van der Waals surface area contributed by atoms with Crippen LogP contribution in [0.5, 0.6) is 0 Å². The van der Waals surface area contributed by atoms with Gasteiger partial charge in [0.1, 0.15) is 5.82 Å². The molecule has 0 aliphatic heterocycles. The summed E-state index contributed by atoms with van der Waals surface area (Å²) in [6, 6.07) is 3.71. The summed E-state index contributed by atoms with van der Waals surface area (Å²) in [6.45, 7) is 4.13. The summed E-state index contributed by atoms with van der Waals surface area (Å²) >= 11 is 0. The molecule has 3 heteroatoms. The van der Waals surface area contributed by atoms with Crippen molar-refractivity contribution in [3.63, 3.8) is 0 Å². The van der Waals surface area contributed by atoms with E-state index in [-0.39, 0.29) is 5.82 Å². The predicted octanol–water partition coefficient (Wildman–Crippen LogP) is 3.49. The molecule has 2 nitrogen and oxygen atoms in total. The van der Waals surface area contributed by atoms with Crippen molar-refractivity contribution in [1.29, 1.82) is 0 Å². The monoisotopic (exact) mass is 248 g/mol. The summed E-state index contributed by atoms with van der Waals surface area (Å²) in [5, 5.41) is 0. The molecule has 0 heterocycles. The second-order valence-electron chi connectivity index (χ2n) is 5.27. The first-order valence-electron chi connectivity index (χ1n) is 6.63. The lowest BCUT2D eigenvalue weighted by atomic mass is 10.1. The highest BCUT2D eigenvalue weighted by molar-refractivity contribution is 5.83. The first kappa shape index (κ1) is 13.1. The van der Waals surface area contributed by atoms with Crippen molar-refractivity contribution >= 4 is 5.84 Å². The lowest BCUT2D eigenvalue weighted by molar-refractivity contribution is 0.608. The molecule has 0 radical (unpaired) electrons. The minimum atomic E-state index is -0.119. The summed E-state index contributed by atoms with van der Waals surface area (Å²) in [6.07, 6.45) is 4.85. The quantitative estimate of drug-likeness (QED) is 0.645. The zero-order valence-electron chi connectivity index (χ0n) is 11.2. The number of nitrogens with two attached hydrogens (primary N) is 1. The molecule has 0 saturated heterocycles. The van der Waals surface area contributed by atoms with Gasteiger partial charge in [0, 0.05) is 5.92 Å². The zero-order chi connectivity index (χ0) is 13.1. The van der Waals surface area contributed by atoms with Gasteiger partial charge in [-0.2, -0.15) is 0 Å². The first-order valence-corrected chi connectivity index (χ1v) is 6.63. The molecule has 1 aromatic carbocycles. The second-order valence-corrected chi connectivity index (χ2v) is 5.27. The maximum atomic E-state index is 13.5. The Hall–Kier alpha value is -1.38. The lowest BCUT2D eigenvalue weighted by Crippen LogP contribution is -2.21. The van der Waals surface area contributed by atoms with Gasteiger partial charge >= 0.3 is 0 Å². The van der Waals surface area contributed by atoms with Gasteiger partial charge in [0.25, 0.3) is 0 Å². The van der Waals surface area contributed by atoms with E-state index in [1.165, 1.54) is 12.8 Å². The number of amidine groups is 1. The number of rotatable bonds is 3. The molecule has 0 spiro atoms. The zero-order valence-corrected chi connectivity index (χ0v) is 11.2. The fraction of sp³-hybridized carbons (Fsp3) is 0.533. The van der Waals surface area contributed by atoms with E-state index < -0.39 is 0 Å². The summed E-state index contributed by atoms with van der Waals surface area (Å²) in [4.78, 5) is 4.46. The normalized spacial score (nSPS) is 17.4. The molecule has 1 fully saturated rings. The van der Waals surface area contributed by atoms with Gasteiger partial charge in [0.05, 0.1) is 12.4 Å². The first-order chi connectivity index (χ1) is 8.58. The average molecular weight is 248 g/mol. The SMILES string of the molecule is Cc1cc(CN=C(N)C2CCCC2)cc(C)c1F. The number of aliphatic imine (C=N–C) groups is 1. The van der Waals surface area contributed by atoms with Gasteiger partial charge in [-0.1, -0.05) is 25.0 Å². The Labute approximate surface area is 108 Å². The molecule has 2 N–H and O–H groups in total. The molecular weight excluding hydrogens is 227 g/mol. The van der Waals surface area contributed by atoms with Crippen LogP contribution in [0, 0.1) is 25.6 Å². The molecule has 0 amide bonds. The van der Waals surface area contributed by atoms with E-state index in [2.05, 4.69) is 4.99 Å². The molecule has 18 heavy (non-hydrogen) atoms. The molecule has 1 aliphatic rings. The second kappa shape index (κ2) is 5.51. The number of hydrogen-bond donors (Lipinski definition) is 1. The molecular formula is C15H21FN2. The van der Waals surface area contributed by atoms with Gasteiger partial charge in [-0.25, -0.2) is 4.39 Å². The summed E-state index contributed by atoms with van der Waals surface area (Å²) in [7, 11) is 0. The molecule has 0 unspecified atom stereocenters. The van der Waals surface area contributed by atoms with E-state index in [0.29, 0.717) is 23.6 Å². The highest BCUT2D eigenvalue weighted by Crippen LogP contribution is 2.25. The highest BCUT2D eigenvalue weighted by atomic mass is 19.1. The number of halogens is 1. The van der Waals surface area contributed by atoms with Crippen LogP contribution in [0.3, 0.4) is 0 Å². The van der Waals surface area contributed by atoms with Gasteiger partial charge in [-0.05, 0) is 43.4 Å². The van der Waals surface area contributed by atoms with Crippen LogP contribution in [-0.4, -0.2) is 5.84 Å². The Morgan fingerprint density at radius 3 is 2.39 bits per heavy atom. The van der Waals surface area contributed by atoms with Crippen molar-refractivity contribution in [2.24, 2.45) is 16.6 Å². The fourth-order valence-electron chi connectivity index (χ4n) is 2.66. The van der Waals surface area contributed by atoms with Crippen molar-refractivity contribution < 1.29 is 4.39 Å². The van der Waals surface area contributed by atoms with Crippen LogP contribution in [0.15, 0.2) is 17.1 Å². The van der Waals surface area contributed by atoms with Crippen LogP contribution >= 0.6 is 0 Å². The predicted molar refractivity (Wildman–Crippen MR) is 73.2 cm³/mol. The van der Waals surface area contributed by atoms with E-state index in [9.17, 15) is 4.39 Å². The Bertz CT molecular complexity index is 437. The van der Waals surface area contributed by atoms with Crippen LogP contribution in [0.1, 0.15) is 42.4 Å². The molecule has 1 saturated carbocycles. The number of nitrogens with zero attached hydrogens (tertiary/aromatic N) is 1. The fourth-order valence-corrected chi connectivity index (χ4v) is 2.66. The molecule has 0 aromatic heterocycles. The molecule has 1 aromatic rings. The molecule has 2 rings (SSSR count). The average Bonchev–Trinajstić information content (AvgIpc) is 2.86. The standard InChI is InChI=1S/C15H21FN2/c1-10-7-12(8-11(2)14(10)16)9-18-15(17)13-5-3-4-6-13/h7-8,13H,3-6,9H2,1-2H3,(H2,17,18). The van der Waals surface area contributed by atoms with E-state index in [1.54, 1.807) is 13.8 Å². The summed E-state index contributed by atoms with van der Waals surface area (Å²) in [5.74, 6) is 1.12. The molecule has 1 aliphatic carbocycles. The highest BCUT2D eigenvalue weighted by Gasteiger charge is 2.18. The van der Waals surface area contributed by atoms with Gasteiger partial charge in [0.15, 0.2) is 0 Å². The Morgan fingerprint density at radius 1 is 1.28 bits per heavy atom. The van der Waals surface area contributed by atoms with Crippen LogP contribution in [-0.2, 0) is 6.54 Å². The van der Waals surface area contributed by atoms with Gasteiger partial charge in [-0.3, -0.25) is 4.99 Å².